The van der Waals surface area contributed by atoms with Crippen LogP contribution in [-0.2, 0) is 25.7 Å². The number of nitrogens with zero attached hydrogens (tertiary/aromatic N) is 1. The van der Waals surface area contributed by atoms with Gasteiger partial charge in [-0.3, -0.25) is 9.11 Å². The first-order chi connectivity index (χ1) is 12.3. The topological polar surface area (TPSA) is 112 Å². The summed E-state index contributed by atoms with van der Waals surface area (Å²) in [5.41, 5.74) is 2.65. The highest BCUT2D eigenvalue weighted by Crippen LogP contribution is 2.44. The van der Waals surface area contributed by atoms with Gasteiger partial charge in [-0.2, -0.15) is 21.4 Å². The normalized spacial score (nSPS) is 16.8. The van der Waals surface area contributed by atoms with Gasteiger partial charge >= 0.3 is 0 Å². The highest BCUT2D eigenvalue weighted by molar-refractivity contribution is 7.86. The molecule has 27 heavy (non-hydrogen) atoms. The summed E-state index contributed by atoms with van der Waals surface area (Å²) < 4.78 is 65.1. The first-order valence-electron chi connectivity index (χ1n) is 8.44. The molecule has 0 radical (unpaired) electrons. The van der Waals surface area contributed by atoms with Gasteiger partial charge in [-0.05, 0) is 42.8 Å². The van der Waals surface area contributed by atoms with E-state index < -0.39 is 20.2 Å². The monoisotopic (exact) mass is 412 g/mol. The molecule has 1 aliphatic rings. The van der Waals surface area contributed by atoms with Gasteiger partial charge in [0.15, 0.2) is 5.71 Å². The molecule has 2 N–H and O–H groups in total. The van der Waals surface area contributed by atoms with Crippen molar-refractivity contribution in [2.75, 3.05) is 12.3 Å². The Morgan fingerprint density at radius 3 is 2.30 bits per heavy atom. The lowest BCUT2D eigenvalue weighted by Crippen LogP contribution is -2.27. The molecule has 1 heterocycles. The Hall–Kier alpha value is -1.81. The minimum absolute atomic E-state index is 0.156. The summed E-state index contributed by atoms with van der Waals surface area (Å²) >= 11 is 0. The molecule has 0 unspecified atom stereocenters. The minimum atomic E-state index is -4.28. The molecule has 9 heteroatoms. The van der Waals surface area contributed by atoms with E-state index in [0.717, 1.165) is 22.3 Å². The fourth-order valence-corrected chi connectivity index (χ4v) is 4.74. The molecule has 0 atom stereocenters. The van der Waals surface area contributed by atoms with Crippen molar-refractivity contribution in [2.45, 2.75) is 37.5 Å². The lowest BCUT2D eigenvalue weighted by Gasteiger charge is -2.17. The molecule has 0 aromatic heterocycles. The Morgan fingerprint density at radius 2 is 1.70 bits per heavy atom. The Kier molecular flexibility index (Phi) is 4.70. The number of hydrogen-bond donors (Lipinski definition) is 2. The second-order valence-electron chi connectivity index (χ2n) is 7.32. The Labute approximate surface area is 158 Å². The van der Waals surface area contributed by atoms with Crippen LogP contribution in [0.15, 0.2) is 35.2 Å². The molecule has 0 spiro atoms. The number of fused-ring (bicyclic) bond motifs is 3. The number of hydrogen-bond acceptors (Lipinski definition) is 4. The summed E-state index contributed by atoms with van der Waals surface area (Å²) in [5.74, 6) is -0.308. The van der Waals surface area contributed by atoms with Crippen molar-refractivity contribution in [3.63, 3.8) is 0 Å². The first kappa shape index (κ1) is 19.9. The van der Waals surface area contributed by atoms with Crippen molar-refractivity contribution in [3.8, 4) is 0 Å². The molecule has 0 saturated carbocycles. The van der Waals surface area contributed by atoms with E-state index in [1.54, 1.807) is 12.1 Å². The molecular formula is C18H22NO6S2+. The zero-order valence-corrected chi connectivity index (χ0v) is 16.9. The zero-order chi connectivity index (χ0) is 20.2. The predicted octanol–water partition coefficient (Wildman–Crippen LogP) is 2.76. The molecule has 146 valence electrons. The van der Waals surface area contributed by atoms with Gasteiger partial charge < -0.3 is 0 Å². The molecule has 0 saturated heterocycles. The second-order valence-corrected chi connectivity index (χ2v) is 10.3. The average molecular weight is 413 g/mol. The van der Waals surface area contributed by atoms with E-state index in [0.29, 0.717) is 11.9 Å². The molecule has 3 rings (SSSR count). The van der Waals surface area contributed by atoms with Gasteiger partial charge in [-0.1, -0.05) is 6.07 Å². The van der Waals surface area contributed by atoms with E-state index in [1.165, 1.54) is 12.1 Å². The van der Waals surface area contributed by atoms with E-state index in [-0.39, 0.29) is 22.5 Å². The van der Waals surface area contributed by atoms with Gasteiger partial charge in [0.1, 0.15) is 6.54 Å². The Bertz CT molecular complexity index is 1180. The van der Waals surface area contributed by atoms with Gasteiger partial charge in [-0.15, -0.1) is 0 Å². The Morgan fingerprint density at radius 1 is 1.04 bits per heavy atom. The third kappa shape index (κ3) is 3.64. The highest BCUT2D eigenvalue weighted by atomic mass is 32.2. The van der Waals surface area contributed by atoms with Crippen LogP contribution in [0.25, 0.3) is 10.8 Å². The minimum Gasteiger partial charge on any atom is -0.286 e. The zero-order valence-electron chi connectivity index (χ0n) is 15.3. The molecule has 0 amide bonds. The van der Waals surface area contributed by atoms with Crippen LogP contribution in [0.2, 0.25) is 0 Å². The average Bonchev–Trinajstić information content (AvgIpc) is 2.73. The Balaban J connectivity index is 2.11. The lowest BCUT2D eigenvalue weighted by atomic mass is 9.80. The maximum Gasteiger partial charge on any atom is 0.294 e. The summed E-state index contributed by atoms with van der Waals surface area (Å²) in [5, 5.41) is 1.58. The van der Waals surface area contributed by atoms with Crippen molar-refractivity contribution in [1.29, 1.82) is 0 Å². The van der Waals surface area contributed by atoms with Crippen LogP contribution in [0.5, 0.6) is 0 Å². The summed E-state index contributed by atoms with van der Waals surface area (Å²) in [7, 11) is -8.29. The highest BCUT2D eigenvalue weighted by Gasteiger charge is 2.44. The summed E-state index contributed by atoms with van der Waals surface area (Å²) in [4.78, 5) is -0.156. The van der Waals surface area contributed by atoms with Gasteiger partial charge in [0.2, 0.25) is 5.69 Å². The number of rotatable bonds is 5. The molecular weight excluding hydrogens is 390 g/mol. The van der Waals surface area contributed by atoms with Crippen LogP contribution < -0.4 is 0 Å². The predicted molar refractivity (Wildman–Crippen MR) is 103 cm³/mol. The molecule has 7 nitrogen and oxygen atoms in total. The molecule has 2 aromatic rings. The second kappa shape index (κ2) is 6.37. The standard InChI is InChI=1S/C18H21NO6S2/c1-12-18(2,3)17-15-7-6-14(27(23,24)25)11-13(15)5-8-16(17)19(12)9-4-10-26(20,21)22/h5-8,11H,4,9-10H2,1-3H3,(H-,20,21,22,23,24,25)/p+1. The van der Waals surface area contributed by atoms with Crippen LogP contribution in [0.4, 0.5) is 5.69 Å². The maximum atomic E-state index is 11.4. The summed E-state index contributed by atoms with van der Waals surface area (Å²) in [6.07, 6.45) is 0.283. The van der Waals surface area contributed by atoms with Crippen molar-refractivity contribution in [1.82, 2.24) is 0 Å². The molecule has 2 aromatic carbocycles. The fraction of sp³-hybridized carbons (Fsp3) is 0.389. The SMILES string of the molecule is CC1=[N+](CCCS(=O)(=O)O)c2ccc3cc(S(=O)(=O)O)ccc3c2C1(C)C. The fourth-order valence-electron chi connectivity index (χ4n) is 3.73. The van der Waals surface area contributed by atoms with Crippen molar-refractivity contribution >= 4 is 42.4 Å². The quantitative estimate of drug-likeness (QED) is 0.577. The lowest BCUT2D eigenvalue weighted by molar-refractivity contribution is -0.438. The first-order valence-corrected chi connectivity index (χ1v) is 11.5. The third-order valence-corrected chi connectivity index (χ3v) is 6.93. The molecule has 0 fully saturated rings. The van der Waals surface area contributed by atoms with Gasteiger partial charge in [0.05, 0.1) is 16.1 Å². The van der Waals surface area contributed by atoms with Crippen LogP contribution in [0, 0.1) is 0 Å². The molecule has 0 bridgehead atoms. The third-order valence-electron chi connectivity index (χ3n) is 5.28. The van der Waals surface area contributed by atoms with E-state index in [4.69, 9.17) is 4.55 Å². The molecule has 1 aliphatic heterocycles. The van der Waals surface area contributed by atoms with Crippen LogP contribution in [0.1, 0.15) is 32.8 Å². The molecule has 0 aliphatic carbocycles. The van der Waals surface area contributed by atoms with Crippen LogP contribution in [-0.4, -0.2) is 48.5 Å². The van der Waals surface area contributed by atoms with Gasteiger partial charge in [0.25, 0.3) is 20.2 Å². The summed E-state index contributed by atoms with van der Waals surface area (Å²) in [6.45, 7) is 6.53. The van der Waals surface area contributed by atoms with Crippen molar-refractivity contribution < 1.29 is 30.5 Å². The van der Waals surface area contributed by atoms with Crippen molar-refractivity contribution in [3.05, 3.63) is 35.9 Å². The van der Waals surface area contributed by atoms with Gasteiger partial charge in [-0.25, -0.2) is 0 Å². The smallest absolute Gasteiger partial charge is 0.286 e. The van der Waals surface area contributed by atoms with Crippen LogP contribution in [0.3, 0.4) is 0 Å². The van der Waals surface area contributed by atoms with E-state index >= 15 is 0 Å². The van der Waals surface area contributed by atoms with Crippen molar-refractivity contribution in [2.24, 2.45) is 0 Å². The van der Waals surface area contributed by atoms with E-state index in [9.17, 15) is 21.4 Å². The maximum absolute atomic E-state index is 11.4. The largest absolute Gasteiger partial charge is 0.294 e. The van der Waals surface area contributed by atoms with Gasteiger partial charge in [0, 0.05) is 25.0 Å². The number of benzene rings is 2. The van der Waals surface area contributed by atoms with E-state index in [1.807, 2.05) is 17.6 Å². The van der Waals surface area contributed by atoms with Crippen LogP contribution >= 0.6 is 0 Å². The summed E-state index contributed by atoms with van der Waals surface area (Å²) in [6, 6.07) is 8.17. The van der Waals surface area contributed by atoms with E-state index in [2.05, 4.69) is 13.8 Å².